The van der Waals surface area contributed by atoms with Crippen LogP contribution in [0.2, 0.25) is 0 Å². The highest BCUT2D eigenvalue weighted by atomic mass is 79.9. The van der Waals surface area contributed by atoms with Crippen LogP contribution in [-0.4, -0.2) is 15.8 Å². The largest absolute Gasteiger partial charge is 0.314 e. The van der Waals surface area contributed by atoms with Crippen molar-refractivity contribution in [2.24, 2.45) is 0 Å². The Balaban J connectivity index is 2.02. The molecule has 0 fully saturated rings. The van der Waals surface area contributed by atoms with Crippen LogP contribution in [0.4, 0.5) is 0 Å². The first kappa shape index (κ1) is 14.4. The van der Waals surface area contributed by atoms with Gasteiger partial charge in [-0.15, -0.1) is 0 Å². The highest BCUT2D eigenvalue weighted by molar-refractivity contribution is 9.10. The van der Waals surface area contributed by atoms with Gasteiger partial charge in [0, 0.05) is 4.47 Å². The first-order valence-electron chi connectivity index (χ1n) is 6.67. The fourth-order valence-electron chi connectivity index (χ4n) is 2.29. The van der Waals surface area contributed by atoms with Crippen LogP contribution in [0.3, 0.4) is 0 Å². The molecule has 0 atom stereocenters. The van der Waals surface area contributed by atoms with Gasteiger partial charge in [-0.1, -0.05) is 70.2 Å². The van der Waals surface area contributed by atoms with Gasteiger partial charge in [0.1, 0.15) is 0 Å². The molecular formula is C17H15BrN2S. The van der Waals surface area contributed by atoms with E-state index in [-0.39, 0.29) is 0 Å². The summed E-state index contributed by atoms with van der Waals surface area (Å²) in [4.78, 5) is 4.54. The van der Waals surface area contributed by atoms with E-state index in [0.717, 1.165) is 21.9 Å². The predicted molar refractivity (Wildman–Crippen MR) is 92.7 cm³/mol. The van der Waals surface area contributed by atoms with Gasteiger partial charge in [-0.3, -0.25) is 0 Å². The standard InChI is InChI=1S/C17H15BrN2S/c1-21-17-19-11-16(14-7-9-15(18)10-8-14)20(17)12-13-5-3-2-4-6-13/h2-11H,12H2,1H3. The first-order chi connectivity index (χ1) is 10.3. The van der Waals surface area contributed by atoms with Crippen LogP contribution in [0.25, 0.3) is 11.3 Å². The van der Waals surface area contributed by atoms with Gasteiger partial charge in [0.2, 0.25) is 0 Å². The molecule has 0 spiro atoms. The van der Waals surface area contributed by atoms with Gasteiger partial charge in [-0.25, -0.2) is 4.98 Å². The quantitative estimate of drug-likeness (QED) is 0.605. The molecule has 2 aromatic carbocycles. The molecule has 2 nitrogen and oxygen atoms in total. The normalized spacial score (nSPS) is 10.8. The molecule has 0 saturated heterocycles. The van der Waals surface area contributed by atoms with Crippen LogP contribution in [0.5, 0.6) is 0 Å². The first-order valence-corrected chi connectivity index (χ1v) is 8.69. The summed E-state index contributed by atoms with van der Waals surface area (Å²) >= 11 is 5.16. The van der Waals surface area contributed by atoms with Crippen LogP contribution < -0.4 is 0 Å². The zero-order chi connectivity index (χ0) is 14.7. The predicted octanol–water partition coefficient (Wildman–Crippen LogP) is 5.08. The van der Waals surface area contributed by atoms with Gasteiger partial charge in [0.15, 0.2) is 5.16 Å². The minimum absolute atomic E-state index is 0.836. The van der Waals surface area contributed by atoms with E-state index in [2.05, 4.69) is 80.3 Å². The number of hydrogen-bond donors (Lipinski definition) is 0. The maximum atomic E-state index is 4.54. The zero-order valence-corrected chi connectivity index (χ0v) is 14.1. The summed E-state index contributed by atoms with van der Waals surface area (Å²) in [5, 5.41) is 1.04. The minimum Gasteiger partial charge on any atom is -0.314 e. The number of halogens is 1. The van der Waals surface area contributed by atoms with E-state index in [9.17, 15) is 0 Å². The lowest BCUT2D eigenvalue weighted by Gasteiger charge is -2.11. The molecule has 0 N–H and O–H groups in total. The Bertz CT molecular complexity index is 720. The van der Waals surface area contributed by atoms with Gasteiger partial charge in [-0.05, 0) is 29.5 Å². The second kappa shape index (κ2) is 6.50. The second-order valence-electron chi connectivity index (χ2n) is 4.71. The summed E-state index contributed by atoms with van der Waals surface area (Å²) in [5.74, 6) is 0. The second-order valence-corrected chi connectivity index (χ2v) is 6.40. The van der Waals surface area contributed by atoms with Crippen molar-refractivity contribution < 1.29 is 0 Å². The summed E-state index contributed by atoms with van der Waals surface area (Å²) in [5.41, 5.74) is 3.61. The topological polar surface area (TPSA) is 17.8 Å². The molecule has 3 rings (SSSR count). The third-order valence-corrected chi connectivity index (χ3v) is 4.54. The lowest BCUT2D eigenvalue weighted by atomic mass is 10.1. The number of thioether (sulfide) groups is 1. The summed E-state index contributed by atoms with van der Waals surface area (Å²) in [6.07, 6.45) is 4.02. The molecule has 0 amide bonds. The van der Waals surface area contributed by atoms with Crippen LogP contribution in [0.1, 0.15) is 5.56 Å². The zero-order valence-electron chi connectivity index (χ0n) is 11.7. The average molecular weight is 359 g/mol. The molecule has 0 aliphatic rings. The monoisotopic (exact) mass is 358 g/mol. The van der Waals surface area contributed by atoms with Crippen molar-refractivity contribution in [3.8, 4) is 11.3 Å². The summed E-state index contributed by atoms with van der Waals surface area (Å²) < 4.78 is 3.36. The fourth-order valence-corrected chi connectivity index (χ4v) is 3.10. The summed E-state index contributed by atoms with van der Waals surface area (Å²) in [6, 6.07) is 18.9. The van der Waals surface area contributed by atoms with Crippen LogP contribution in [0.15, 0.2) is 70.4 Å². The highest BCUT2D eigenvalue weighted by Crippen LogP contribution is 2.27. The molecule has 1 heterocycles. The SMILES string of the molecule is CSc1ncc(-c2ccc(Br)cc2)n1Cc1ccccc1. The van der Waals surface area contributed by atoms with Gasteiger partial charge < -0.3 is 4.57 Å². The van der Waals surface area contributed by atoms with E-state index in [1.54, 1.807) is 11.8 Å². The molecule has 106 valence electrons. The number of benzene rings is 2. The average Bonchev–Trinajstić information content (AvgIpc) is 2.92. The molecule has 0 aliphatic heterocycles. The van der Waals surface area contributed by atoms with Crippen molar-refractivity contribution >= 4 is 27.7 Å². The van der Waals surface area contributed by atoms with Crippen LogP contribution >= 0.6 is 27.7 Å². The molecule has 21 heavy (non-hydrogen) atoms. The van der Waals surface area contributed by atoms with Gasteiger partial charge in [-0.2, -0.15) is 0 Å². The van der Waals surface area contributed by atoms with Crippen molar-refractivity contribution in [2.75, 3.05) is 6.26 Å². The Morgan fingerprint density at radius 2 is 1.76 bits per heavy atom. The minimum atomic E-state index is 0.836. The third-order valence-electron chi connectivity index (χ3n) is 3.33. The number of nitrogens with zero attached hydrogens (tertiary/aromatic N) is 2. The van der Waals surface area contributed by atoms with E-state index in [4.69, 9.17) is 0 Å². The number of imidazole rings is 1. The lowest BCUT2D eigenvalue weighted by molar-refractivity contribution is 0.716. The highest BCUT2D eigenvalue weighted by Gasteiger charge is 2.11. The van der Waals surface area contributed by atoms with Gasteiger partial charge in [0.25, 0.3) is 0 Å². The lowest BCUT2D eigenvalue weighted by Crippen LogP contribution is -2.03. The van der Waals surface area contributed by atoms with E-state index in [1.807, 2.05) is 12.3 Å². The third kappa shape index (κ3) is 3.22. The summed E-state index contributed by atoms with van der Waals surface area (Å²) in [7, 11) is 0. The molecule has 0 saturated carbocycles. The van der Waals surface area contributed by atoms with Crippen molar-refractivity contribution in [1.82, 2.24) is 9.55 Å². The van der Waals surface area contributed by atoms with Crippen molar-refractivity contribution in [1.29, 1.82) is 0 Å². The number of rotatable bonds is 4. The Morgan fingerprint density at radius 1 is 1.05 bits per heavy atom. The Hall–Kier alpha value is -1.52. The molecular weight excluding hydrogens is 344 g/mol. The van der Waals surface area contributed by atoms with Crippen LogP contribution in [-0.2, 0) is 6.54 Å². The maximum Gasteiger partial charge on any atom is 0.168 e. The molecule has 1 aromatic heterocycles. The number of hydrogen-bond acceptors (Lipinski definition) is 2. The molecule has 0 aliphatic carbocycles. The Kier molecular flexibility index (Phi) is 4.46. The van der Waals surface area contributed by atoms with E-state index < -0.39 is 0 Å². The van der Waals surface area contributed by atoms with E-state index in [1.165, 1.54) is 11.1 Å². The van der Waals surface area contributed by atoms with Crippen molar-refractivity contribution in [3.05, 3.63) is 70.8 Å². The van der Waals surface area contributed by atoms with Gasteiger partial charge >= 0.3 is 0 Å². The maximum absolute atomic E-state index is 4.54. The van der Waals surface area contributed by atoms with Crippen LogP contribution in [0, 0.1) is 0 Å². The van der Waals surface area contributed by atoms with E-state index in [0.29, 0.717) is 0 Å². The van der Waals surface area contributed by atoms with E-state index >= 15 is 0 Å². The number of aromatic nitrogens is 2. The Labute approximate surface area is 137 Å². The molecule has 4 heteroatoms. The summed E-state index contributed by atoms with van der Waals surface area (Å²) in [6.45, 7) is 0.836. The molecule has 0 radical (unpaired) electrons. The van der Waals surface area contributed by atoms with Gasteiger partial charge in [0.05, 0.1) is 18.4 Å². The molecule has 3 aromatic rings. The smallest absolute Gasteiger partial charge is 0.168 e. The molecule has 0 bridgehead atoms. The fraction of sp³-hybridized carbons (Fsp3) is 0.118. The molecule has 0 unspecified atom stereocenters. The van der Waals surface area contributed by atoms with Crippen molar-refractivity contribution in [3.63, 3.8) is 0 Å². The van der Waals surface area contributed by atoms with Crippen molar-refractivity contribution in [2.45, 2.75) is 11.7 Å². The Morgan fingerprint density at radius 3 is 2.43 bits per heavy atom.